The molecular formula is C6H6Cl2LiMgN. The second kappa shape index (κ2) is 13.5. The van der Waals surface area contributed by atoms with E-state index in [4.69, 9.17) is 5.73 Å². The fourth-order valence-electron chi connectivity index (χ4n) is 0.438. The molecule has 0 unspecified atom stereocenters. The molecule has 0 saturated heterocycles. The van der Waals surface area contributed by atoms with Crippen LogP contribution in [0.3, 0.4) is 0 Å². The van der Waals surface area contributed by atoms with Crippen molar-refractivity contribution in [2.24, 2.45) is 0 Å². The summed E-state index contributed by atoms with van der Waals surface area (Å²) < 4.78 is 0. The molecule has 0 bridgehead atoms. The van der Waals surface area contributed by atoms with Crippen LogP contribution in [0.2, 0.25) is 0 Å². The predicted octanol–water partition coefficient (Wildman–Crippen LogP) is -7.00. The van der Waals surface area contributed by atoms with Crippen LogP contribution in [0, 0.1) is 0 Å². The Morgan fingerprint density at radius 2 is 1.27 bits per heavy atom. The molecule has 0 aromatic heterocycles. The number of hydrogen-bond donors (Lipinski definition) is 0. The van der Waals surface area contributed by atoms with Gasteiger partial charge >= 0.3 is 41.9 Å². The van der Waals surface area contributed by atoms with Crippen LogP contribution in [0.15, 0.2) is 30.3 Å². The number of rotatable bonds is 0. The fraction of sp³-hybridized carbons (Fsp3) is 0. The van der Waals surface area contributed by atoms with Gasteiger partial charge < -0.3 is 30.5 Å². The first-order valence-corrected chi connectivity index (χ1v) is 2.16. The molecule has 0 radical (unpaired) electrons. The maximum atomic E-state index is 7.00. The molecule has 0 aliphatic heterocycles. The largest absolute Gasteiger partial charge is 2.00 e. The van der Waals surface area contributed by atoms with Crippen molar-refractivity contribution in [3.05, 3.63) is 36.1 Å². The molecule has 1 aromatic rings. The van der Waals surface area contributed by atoms with E-state index in [1.54, 1.807) is 12.1 Å². The van der Waals surface area contributed by atoms with Gasteiger partial charge in [0.25, 0.3) is 0 Å². The summed E-state index contributed by atoms with van der Waals surface area (Å²) in [7, 11) is 0. The summed E-state index contributed by atoms with van der Waals surface area (Å²) in [5, 5.41) is 0. The van der Waals surface area contributed by atoms with Crippen LogP contribution in [0.25, 0.3) is 5.73 Å². The summed E-state index contributed by atoms with van der Waals surface area (Å²) in [5.41, 5.74) is 7.57. The number of benzene rings is 1. The van der Waals surface area contributed by atoms with E-state index in [2.05, 4.69) is 0 Å². The molecule has 0 heterocycles. The Kier molecular flexibility index (Phi) is 27.9. The molecule has 1 N–H and O–H groups in total. The molecule has 0 amide bonds. The van der Waals surface area contributed by atoms with Crippen molar-refractivity contribution < 1.29 is 43.7 Å². The average Bonchev–Trinajstić information content (AvgIpc) is 1.69. The van der Waals surface area contributed by atoms with E-state index < -0.39 is 0 Å². The fourth-order valence-corrected chi connectivity index (χ4v) is 0.438. The van der Waals surface area contributed by atoms with Gasteiger partial charge in [-0.15, -0.1) is 5.69 Å². The Morgan fingerprint density at radius 1 is 0.909 bits per heavy atom. The SMILES string of the molecule is [Cl-].[Cl-].[Li+].[Mg+2].[NH-]c1ccccc1. The monoisotopic (exact) mass is 193 g/mol. The Balaban J connectivity index is -0.0000000612. The molecule has 0 atom stereocenters. The first kappa shape index (κ1) is 22.7. The van der Waals surface area contributed by atoms with Gasteiger partial charge in [0, 0.05) is 0 Å². The van der Waals surface area contributed by atoms with E-state index >= 15 is 0 Å². The van der Waals surface area contributed by atoms with E-state index in [1.807, 2.05) is 18.2 Å². The standard InChI is InChI=1S/C6H6N.2ClH.Li.Mg/c7-6-4-2-1-3-5-6;;;;/h1-5,7H;2*1H;;/q-1;;;+1;+2/p-2. The third-order valence-electron chi connectivity index (χ3n) is 0.774. The van der Waals surface area contributed by atoms with Gasteiger partial charge in [-0.05, 0) is 0 Å². The molecule has 0 aliphatic carbocycles. The number of halogens is 2. The van der Waals surface area contributed by atoms with Gasteiger partial charge in [0.15, 0.2) is 0 Å². The van der Waals surface area contributed by atoms with Crippen molar-refractivity contribution in [1.29, 1.82) is 0 Å². The van der Waals surface area contributed by atoms with E-state index in [-0.39, 0.29) is 66.7 Å². The summed E-state index contributed by atoms with van der Waals surface area (Å²) in [4.78, 5) is 0. The summed E-state index contributed by atoms with van der Waals surface area (Å²) in [6.45, 7) is 0. The van der Waals surface area contributed by atoms with Crippen LogP contribution < -0.4 is 43.7 Å². The van der Waals surface area contributed by atoms with Gasteiger partial charge in [-0.1, -0.05) is 30.3 Å². The van der Waals surface area contributed by atoms with Gasteiger partial charge in [-0.25, -0.2) is 0 Å². The van der Waals surface area contributed by atoms with Gasteiger partial charge in [-0.2, -0.15) is 0 Å². The van der Waals surface area contributed by atoms with Crippen molar-refractivity contribution in [2.45, 2.75) is 0 Å². The zero-order chi connectivity index (χ0) is 5.11. The third kappa shape index (κ3) is 11.0. The van der Waals surface area contributed by atoms with Gasteiger partial charge in [0.05, 0.1) is 0 Å². The Labute approximate surface area is 108 Å². The smallest absolute Gasteiger partial charge is 1.00 e. The van der Waals surface area contributed by atoms with Crippen molar-refractivity contribution in [1.82, 2.24) is 0 Å². The first-order chi connectivity index (χ1) is 3.39. The molecule has 1 nitrogen and oxygen atoms in total. The van der Waals surface area contributed by atoms with Crippen LogP contribution in [-0.2, 0) is 0 Å². The Hall–Kier alpha value is 0.964. The topological polar surface area (TPSA) is 23.8 Å². The van der Waals surface area contributed by atoms with Crippen molar-refractivity contribution >= 4 is 28.7 Å². The second-order valence-electron chi connectivity index (χ2n) is 1.37. The Bertz CT molecular complexity index is 151. The summed E-state index contributed by atoms with van der Waals surface area (Å²) in [5.74, 6) is 0. The summed E-state index contributed by atoms with van der Waals surface area (Å²) in [6, 6.07) is 9.10. The normalized spacial score (nSPS) is 5.45. The zero-order valence-electron chi connectivity index (χ0n) is 6.35. The van der Waals surface area contributed by atoms with E-state index in [1.165, 1.54) is 0 Å². The van der Waals surface area contributed by atoms with E-state index in [9.17, 15) is 0 Å². The maximum Gasteiger partial charge on any atom is 2.00 e. The van der Waals surface area contributed by atoms with E-state index in [0.717, 1.165) is 0 Å². The minimum absolute atomic E-state index is 0. The van der Waals surface area contributed by atoms with Gasteiger partial charge in [0.1, 0.15) is 0 Å². The molecule has 52 valence electrons. The van der Waals surface area contributed by atoms with Gasteiger partial charge in [-0.3, -0.25) is 0 Å². The summed E-state index contributed by atoms with van der Waals surface area (Å²) in [6.07, 6.45) is 0. The minimum Gasteiger partial charge on any atom is -1.00 e. The van der Waals surface area contributed by atoms with Gasteiger partial charge in [0.2, 0.25) is 0 Å². The third-order valence-corrected chi connectivity index (χ3v) is 0.774. The molecule has 0 saturated carbocycles. The molecule has 1 rings (SSSR count). The van der Waals surface area contributed by atoms with Crippen LogP contribution in [0.1, 0.15) is 0 Å². The quantitative estimate of drug-likeness (QED) is 0.367. The van der Waals surface area contributed by atoms with Crippen LogP contribution in [-0.4, -0.2) is 23.1 Å². The second-order valence-corrected chi connectivity index (χ2v) is 1.37. The van der Waals surface area contributed by atoms with Crippen LogP contribution in [0.4, 0.5) is 5.69 Å². The molecule has 1 aromatic carbocycles. The molecule has 0 fully saturated rings. The summed E-state index contributed by atoms with van der Waals surface area (Å²) >= 11 is 0. The molecular weight excluding hydrogens is 188 g/mol. The van der Waals surface area contributed by atoms with Crippen LogP contribution >= 0.6 is 0 Å². The predicted molar refractivity (Wildman–Crippen MR) is 36.2 cm³/mol. The zero-order valence-corrected chi connectivity index (χ0v) is 9.28. The average molecular weight is 194 g/mol. The Morgan fingerprint density at radius 3 is 1.45 bits per heavy atom. The van der Waals surface area contributed by atoms with Crippen molar-refractivity contribution in [2.75, 3.05) is 0 Å². The van der Waals surface area contributed by atoms with Crippen molar-refractivity contribution in [3.8, 4) is 0 Å². The van der Waals surface area contributed by atoms with Crippen molar-refractivity contribution in [3.63, 3.8) is 0 Å². The molecule has 5 heteroatoms. The number of hydrogen-bond acceptors (Lipinski definition) is 0. The first-order valence-electron chi connectivity index (χ1n) is 2.16. The number of nitrogens with one attached hydrogen (secondary N) is 1. The molecule has 11 heavy (non-hydrogen) atoms. The van der Waals surface area contributed by atoms with E-state index in [0.29, 0.717) is 5.69 Å². The molecule has 0 spiro atoms. The van der Waals surface area contributed by atoms with Crippen LogP contribution in [0.5, 0.6) is 0 Å². The maximum absolute atomic E-state index is 7.00. The molecule has 0 aliphatic rings. The minimum atomic E-state index is 0.